The third-order valence-electron chi connectivity index (χ3n) is 5.31. The van der Waals surface area contributed by atoms with Gasteiger partial charge in [-0.2, -0.15) is 0 Å². The number of carbonyl (C=O) groups excluding carboxylic acids is 1. The smallest absolute Gasteiger partial charge is 0.233 e. The van der Waals surface area contributed by atoms with E-state index < -0.39 is 0 Å². The molecule has 0 saturated heterocycles. The predicted molar refractivity (Wildman–Crippen MR) is 126 cm³/mol. The van der Waals surface area contributed by atoms with Crippen LogP contribution in [0.15, 0.2) is 96.5 Å². The van der Waals surface area contributed by atoms with Crippen molar-refractivity contribution in [1.29, 1.82) is 0 Å². The lowest BCUT2D eigenvalue weighted by atomic mass is 10.1. The summed E-state index contributed by atoms with van der Waals surface area (Å²) in [4.78, 5) is 20.7. The minimum absolute atomic E-state index is 0.0109. The third-order valence-corrected chi connectivity index (χ3v) is 6.20. The first-order valence-corrected chi connectivity index (χ1v) is 11.2. The SMILES string of the molecule is O=C(Cc1csc2nc(-c3ccc(F)cc3)cn12)N(Cc1ccccc1)c1ccccc1. The van der Waals surface area contributed by atoms with Crippen LogP contribution in [-0.2, 0) is 17.8 Å². The van der Waals surface area contributed by atoms with Gasteiger partial charge in [-0.25, -0.2) is 9.37 Å². The van der Waals surface area contributed by atoms with Gasteiger partial charge in [0, 0.05) is 28.5 Å². The summed E-state index contributed by atoms with van der Waals surface area (Å²) >= 11 is 1.49. The summed E-state index contributed by atoms with van der Waals surface area (Å²) in [5.41, 5.74) is 4.42. The minimum atomic E-state index is -0.277. The molecule has 0 N–H and O–H groups in total. The van der Waals surface area contributed by atoms with Crippen LogP contribution in [-0.4, -0.2) is 15.3 Å². The van der Waals surface area contributed by atoms with Gasteiger partial charge in [0.25, 0.3) is 0 Å². The van der Waals surface area contributed by atoms with E-state index >= 15 is 0 Å². The molecule has 0 aliphatic carbocycles. The zero-order valence-corrected chi connectivity index (χ0v) is 18.0. The molecule has 2 aromatic heterocycles. The number of halogens is 1. The highest BCUT2D eigenvalue weighted by Crippen LogP contribution is 2.25. The Balaban J connectivity index is 1.43. The molecule has 6 heteroatoms. The second-order valence-corrected chi connectivity index (χ2v) is 8.33. The number of thiazole rings is 1. The minimum Gasteiger partial charge on any atom is -0.308 e. The van der Waals surface area contributed by atoms with Gasteiger partial charge in [0.2, 0.25) is 5.91 Å². The third kappa shape index (κ3) is 4.18. The van der Waals surface area contributed by atoms with Crippen LogP contribution in [0.25, 0.3) is 16.2 Å². The van der Waals surface area contributed by atoms with E-state index in [1.807, 2.05) is 81.5 Å². The summed E-state index contributed by atoms with van der Waals surface area (Å²) in [7, 11) is 0. The molecule has 32 heavy (non-hydrogen) atoms. The molecule has 5 rings (SSSR count). The quantitative estimate of drug-likeness (QED) is 0.325. The summed E-state index contributed by atoms with van der Waals surface area (Å²) in [6, 6.07) is 26.0. The van der Waals surface area contributed by atoms with Crippen molar-refractivity contribution in [2.45, 2.75) is 13.0 Å². The van der Waals surface area contributed by atoms with Crippen molar-refractivity contribution in [3.63, 3.8) is 0 Å². The number of imidazole rings is 1. The van der Waals surface area contributed by atoms with Gasteiger partial charge in [-0.3, -0.25) is 9.20 Å². The van der Waals surface area contributed by atoms with Crippen molar-refractivity contribution in [3.8, 4) is 11.3 Å². The molecule has 4 nitrogen and oxygen atoms in total. The van der Waals surface area contributed by atoms with Gasteiger partial charge in [0.15, 0.2) is 4.96 Å². The summed E-state index contributed by atoms with van der Waals surface area (Å²) in [6.45, 7) is 0.502. The number of benzene rings is 3. The van der Waals surface area contributed by atoms with Gasteiger partial charge in [-0.15, -0.1) is 11.3 Å². The van der Waals surface area contributed by atoms with Gasteiger partial charge in [-0.1, -0.05) is 48.5 Å². The predicted octanol–water partition coefficient (Wildman–Crippen LogP) is 5.98. The number of nitrogens with zero attached hydrogens (tertiary/aromatic N) is 3. The van der Waals surface area contributed by atoms with Crippen LogP contribution in [0, 0.1) is 5.82 Å². The van der Waals surface area contributed by atoms with Gasteiger partial charge in [-0.05, 0) is 42.0 Å². The largest absolute Gasteiger partial charge is 0.308 e. The molecule has 0 bridgehead atoms. The molecule has 0 aliphatic rings. The highest BCUT2D eigenvalue weighted by molar-refractivity contribution is 7.15. The Bertz CT molecular complexity index is 1340. The van der Waals surface area contributed by atoms with E-state index in [1.165, 1.54) is 23.5 Å². The van der Waals surface area contributed by atoms with Crippen LogP contribution in [0.2, 0.25) is 0 Å². The van der Waals surface area contributed by atoms with E-state index in [4.69, 9.17) is 0 Å². The standard InChI is InChI=1S/C26H20FN3OS/c27-21-13-11-20(12-14-21)24-17-30-23(18-32-26(30)28-24)15-25(31)29(22-9-5-2-6-10-22)16-19-7-3-1-4-8-19/h1-14,17-18H,15-16H2. The van der Waals surface area contributed by atoms with Crippen molar-refractivity contribution in [2.75, 3.05) is 4.90 Å². The number of aromatic nitrogens is 2. The van der Waals surface area contributed by atoms with Gasteiger partial charge >= 0.3 is 0 Å². The fraction of sp³-hybridized carbons (Fsp3) is 0.0769. The van der Waals surface area contributed by atoms with Gasteiger partial charge < -0.3 is 4.90 Å². The maximum absolute atomic E-state index is 13.4. The van der Waals surface area contributed by atoms with Gasteiger partial charge in [0.1, 0.15) is 5.82 Å². The van der Waals surface area contributed by atoms with Crippen molar-refractivity contribution in [3.05, 3.63) is 114 Å². The van der Waals surface area contributed by atoms with Gasteiger partial charge in [0.05, 0.1) is 18.7 Å². The average Bonchev–Trinajstić information content (AvgIpc) is 3.41. The molecule has 158 valence electrons. The molecule has 5 aromatic rings. The second kappa shape index (κ2) is 8.77. The van der Waals surface area contributed by atoms with E-state index in [1.54, 1.807) is 12.1 Å². The van der Waals surface area contributed by atoms with Crippen molar-refractivity contribution in [2.24, 2.45) is 0 Å². The van der Waals surface area contributed by atoms with Crippen LogP contribution in [0.3, 0.4) is 0 Å². The highest BCUT2D eigenvalue weighted by Gasteiger charge is 2.19. The van der Waals surface area contributed by atoms with Crippen LogP contribution >= 0.6 is 11.3 Å². The topological polar surface area (TPSA) is 37.6 Å². The second-order valence-electron chi connectivity index (χ2n) is 7.49. The highest BCUT2D eigenvalue weighted by atomic mass is 32.1. The average molecular weight is 442 g/mol. The molecule has 1 amide bonds. The molecule has 0 radical (unpaired) electrons. The molecular formula is C26H20FN3OS. The number of hydrogen-bond acceptors (Lipinski definition) is 3. The number of rotatable bonds is 6. The number of amides is 1. The molecule has 0 aliphatic heterocycles. The number of para-hydroxylation sites is 1. The molecule has 0 fully saturated rings. The Hall–Kier alpha value is -3.77. The Kier molecular flexibility index (Phi) is 5.52. The van der Waals surface area contributed by atoms with E-state index in [0.29, 0.717) is 6.54 Å². The first-order chi connectivity index (χ1) is 15.7. The zero-order valence-electron chi connectivity index (χ0n) is 17.2. The molecule has 0 spiro atoms. The fourth-order valence-corrected chi connectivity index (χ4v) is 4.54. The van der Waals surface area contributed by atoms with Crippen molar-refractivity contribution < 1.29 is 9.18 Å². The summed E-state index contributed by atoms with van der Waals surface area (Å²) in [5, 5.41) is 1.97. The first-order valence-electron chi connectivity index (χ1n) is 10.3. The van der Waals surface area contributed by atoms with Crippen molar-refractivity contribution >= 4 is 27.9 Å². The number of fused-ring (bicyclic) bond motifs is 1. The monoisotopic (exact) mass is 441 g/mol. The molecule has 0 unspecified atom stereocenters. The van der Waals surface area contributed by atoms with Crippen LogP contribution < -0.4 is 4.90 Å². The number of hydrogen-bond donors (Lipinski definition) is 0. The molecule has 2 heterocycles. The first kappa shape index (κ1) is 20.2. The summed E-state index contributed by atoms with van der Waals surface area (Å²) in [5.74, 6) is -0.266. The Morgan fingerprint density at radius 1 is 0.938 bits per heavy atom. The summed E-state index contributed by atoms with van der Waals surface area (Å²) in [6.07, 6.45) is 2.16. The lowest BCUT2D eigenvalue weighted by Gasteiger charge is -2.23. The Labute approximate surface area is 189 Å². The van der Waals surface area contributed by atoms with E-state index in [0.717, 1.165) is 33.2 Å². The van der Waals surface area contributed by atoms with E-state index in [9.17, 15) is 9.18 Å². The van der Waals surface area contributed by atoms with E-state index in [2.05, 4.69) is 4.98 Å². The van der Waals surface area contributed by atoms with E-state index in [-0.39, 0.29) is 18.1 Å². The van der Waals surface area contributed by atoms with Crippen LogP contribution in [0.1, 0.15) is 11.3 Å². The Morgan fingerprint density at radius 3 is 2.34 bits per heavy atom. The molecular weight excluding hydrogens is 421 g/mol. The maximum atomic E-state index is 13.4. The molecule has 0 saturated carbocycles. The number of carbonyl (C=O) groups is 1. The van der Waals surface area contributed by atoms with Crippen LogP contribution in [0.5, 0.6) is 0 Å². The number of anilines is 1. The molecule has 3 aromatic carbocycles. The van der Waals surface area contributed by atoms with Crippen molar-refractivity contribution in [1.82, 2.24) is 9.38 Å². The maximum Gasteiger partial charge on any atom is 0.233 e. The fourth-order valence-electron chi connectivity index (χ4n) is 3.66. The Morgan fingerprint density at radius 2 is 1.62 bits per heavy atom. The zero-order chi connectivity index (χ0) is 21.9. The molecule has 0 atom stereocenters. The normalized spacial score (nSPS) is 11.0. The lowest BCUT2D eigenvalue weighted by Crippen LogP contribution is -2.32. The summed E-state index contributed by atoms with van der Waals surface area (Å²) < 4.78 is 15.2. The van der Waals surface area contributed by atoms with Crippen LogP contribution in [0.4, 0.5) is 10.1 Å². The lowest BCUT2D eigenvalue weighted by molar-refractivity contribution is -0.118.